The molecule has 2 atom stereocenters. The predicted octanol–water partition coefficient (Wildman–Crippen LogP) is 4.71. The van der Waals surface area contributed by atoms with E-state index in [9.17, 15) is 9.59 Å². The molecule has 1 N–H and O–H groups in total. The number of aryl methyl sites for hydroxylation is 3. The average Bonchev–Trinajstić information content (AvgIpc) is 2.75. The number of rotatable bonds is 10. The number of nitrogens with zero attached hydrogens (tertiary/aromatic N) is 1. The topological polar surface area (TPSA) is 58.6 Å². The van der Waals surface area contributed by atoms with Crippen LogP contribution in [-0.4, -0.2) is 35.4 Å². The molecule has 0 aliphatic heterocycles. The molecular weight excluding hydrogens is 388 g/mol. The van der Waals surface area contributed by atoms with Crippen molar-refractivity contribution in [2.24, 2.45) is 0 Å². The molecule has 0 spiro atoms. The van der Waals surface area contributed by atoms with Crippen LogP contribution < -0.4 is 10.1 Å². The largest absolute Gasteiger partial charge is 0.483 e. The average molecular weight is 425 g/mol. The highest BCUT2D eigenvalue weighted by molar-refractivity contribution is 5.88. The van der Waals surface area contributed by atoms with Crippen LogP contribution in [0.2, 0.25) is 0 Å². The molecule has 168 valence electrons. The molecule has 0 bridgehead atoms. The van der Waals surface area contributed by atoms with Crippen molar-refractivity contribution < 1.29 is 14.3 Å². The van der Waals surface area contributed by atoms with Crippen LogP contribution in [0.25, 0.3) is 0 Å². The van der Waals surface area contributed by atoms with Gasteiger partial charge in [-0.1, -0.05) is 50.2 Å². The van der Waals surface area contributed by atoms with Gasteiger partial charge in [0.15, 0.2) is 6.61 Å². The van der Waals surface area contributed by atoms with Gasteiger partial charge in [-0.2, -0.15) is 0 Å². The monoisotopic (exact) mass is 424 g/mol. The molecule has 0 heterocycles. The van der Waals surface area contributed by atoms with Gasteiger partial charge in [-0.25, -0.2) is 0 Å². The maximum absolute atomic E-state index is 13.3. The van der Waals surface area contributed by atoms with Crippen molar-refractivity contribution in [2.45, 2.75) is 73.0 Å². The van der Waals surface area contributed by atoms with Gasteiger partial charge in [0.2, 0.25) is 5.91 Å². The van der Waals surface area contributed by atoms with E-state index in [1.807, 2.05) is 84.0 Å². The van der Waals surface area contributed by atoms with Crippen LogP contribution in [0.4, 0.5) is 0 Å². The van der Waals surface area contributed by atoms with Gasteiger partial charge in [0.05, 0.1) is 0 Å². The summed E-state index contributed by atoms with van der Waals surface area (Å²) in [4.78, 5) is 28.0. The highest BCUT2D eigenvalue weighted by atomic mass is 16.5. The number of nitrogens with one attached hydrogen (secondary N) is 1. The minimum atomic E-state index is -0.552. The maximum atomic E-state index is 13.3. The van der Waals surface area contributed by atoms with Crippen molar-refractivity contribution in [3.8, 4) is 5.75 Å². The molecule has 0 fully saturated rings. The summed E-state index contributed by atoms with van der Waals surface area (Å²) >= 11 is 0. The van der Waals surface area contributed by atoms with Crippen LogP contribution >= 0.6 is 0 Å². The second-order valence-corrected chi connectivity index (χ2v) is 8.25. The molecule has 0 saturated carbocycles. The number of carbonyl (C=O) groups is 2. The van der Waals surface area contributed by atoms with E-state index < -0.39 is 6.04 Å². The van der Waals surface area contributed by atoms with E-state index in [1.165, 1.54) is 0 Å². The third kappa shape index (κ3) is 6.84. The summed E-state index contributed by atoms with van der Waals surface area (Å²) in [6, 6.07) is 13.4. The Morgan fingerprint density at radius 2 is 1.71 bits per heavy atom. The first-order valence-electron chi connectivity index (χ1n) is 11.1. The Morgan fingerprint density at radius 3 is 2.35 bits per heavy atom. The van der Waals surface area contributed by atoms with Crippen molar-refractivity contribution >= 4 is 11.8 Å². The third-order valence-corrected chi connectivity index (χ3v) is 5.68. The first-order chi connectivity index (χ1) is 14.8. The van der Waals surface area contributed by atoms with E-state index >= 15 is 0 Å². The van der Waals surface area contributed by atoms with Gasteiger partial charge in [0.25, 0.3) is 5.91 Å². The quantitative estimate of drug-likeness (QED) is 0.601. The lowest BCUT2D eigenvalue weighted by atomic mass is 10.1. The summed E-state index contributed by atoms with van der Waals surface area (Å²) in [6.07, 6.45) is 1.37. The zero-order valence-corrected chi connectivity index (χ0v) is 19.7. The van der Waals surface area contributed by atoms with E-state index in [2.05, 4.69) is 5.32 Å². The van der Waals surface area contributed by atoms with Gasteiger partial charge < -0.3 is 15.0 Å². The molecular formula is C26H36N2O3. The van der Waals surface area contributed by atoms with Gasteiger partial charge in [0.1, 0.15) is 11.8 Å². The lowest BCUT2D eigenvalue weighted by Crippen LogP contribution is -2.51. The van der Waals surface area contributed by atoms with Crippen LogP contribution in [-0.2, 0) is 16.1 Å². The summed E-state index contributed by atoms with van der Waals surface area (Å²) in [5, 5.41) is 3.03. The van der Waals surface area contributed by atoms with E-state index in [-0.39, 0.29) is 24.5 Å². The van der Waals surface area contributed by atoms with Crippen LogP contribution in [0.1, 0.15) is 55.9 Å². The second-order valence-electron chi connectivity index (χ2n) is 8.25. The Kier molecular flexibility index (Phi) is 9.10. The van der Waals surface area contributed by atoms with Crippen molar-refractivity contribution in [3.63, 3.8) is 0 Å². The minimum Gasteiger partial charge on any atom is -0.483 e. The number of carbonyl (C=O) groups excluding carboxylic acids is 2. The summed E-state index contributed by atoms with van der Waals surface area (Å²) in [5.74, 6) is 0.377. The molecule has 0 saturated heterocycles. The summed E-state index contributed by atoms with van der Waals surface area (Å²) in [5.41, 5.74) is 4.17. The first kappa shape index (κ1) is 24.4. The fraction of sp³-hybridized carbons (Fsp3) is 0.462. The molecule has 2 amide bonds. The number of hydrogen-bond acceptors (Lipinski definition) is 3. The number of amides is 2. The maximum Gasteiger partial charge on any atom is 0.261 e. The van der Waals surface area contributed by atoms with Gasteiger partial charge in [0, 0.05) is 12.6 Å². The second kappa shape index (κ2) is 11.5. The summed E-state index contributed by atoms with van der Waals surface area (Å²) < 4.78 is 5.88. The number of benzene rings is 2. The molecule has 5 nitrogen and oxygen atoms in total. The Bertz CT molecular complexity index is 894. The van der Waals surface area contributed by atoms with E-state index in [0.717, 1.165) is 28.7 Å². The van der Waals surface area contributed by atoms with Gasteiger partial charge in [-0.15, -0.1) is 0 Å². The minimum absolute atomic E-state index is 0.0585. The summed E-state index contributed by atoms with van der Waals surface area (Å²) in [6.45, 7) is 12.2. The Morgan fingerprint density at radius 1 is 1.00 bits per heavy atom. The molecule has 0 unspecified atom stereocenters. The molecule has 0 radical (unpaired) electrons. The third-order valence-electron chi connectivity index (χ3n) is 5.68. The van der Waals surface area contributed by atoms with Crippen molar-refractivity contribution in [1.29, 1.82) is 0 Å². The van der Waals surface area contributed by atoms with Crippen LogP contribution in [0.15, 0.2) is 42.5 Å². The lowest BCUT2D eigenvalue weighted by Gasteiger charge is -2.32. The van der Waals surface area contributed by atoms with Gasteiger partial charge >= 0.3 is 0 Å². The molecule has 5 heteroatoms. The molecule has 0 aromatic heterocycles. The highest BCUT2D eigenvalue weighted by Crippen LogP contribution is 2.20. The van der Waals surface area contributed by atoms with Crippen molar-refractivity contribution in [1.82, 2.24) is 10.2 Å². The SMILES string of the molecule is CC[C@@H](C)NC(=O)[C@H](CC)N(Cc1ccccc1C)C(=O)COc1cc(C)ccc1C. The van der Waals surface area contributed by atoms with E-state index in [4.69, 9.17) is 4.74 Å². The summed E-state index contributed by atoms with van der Waals surface area (Å²) in [7, 11) is 0. The van der Waals surface area contributed by atoms with Gasteiger partial charge in [-0.05, 0) is 68.9 Å². The fourth-order valence-corrected chi connectivity index (χ4v) is 3.42. The normalized spacial score (nSPS) is 12.7. The Hall–Kier alpha value is -2.82. The van der Waals surface area contributed by atoms with Crippen molar-refractivity contribution in [3.05, 3.63) is 64.7 Å². The number of ether oxygens (including phenoxy) is 1. The van der Waals surface area contributed by atoms with Crippen LogP contribution in [0.3, 0.4) is 0 Å². The Balaban J connectivity index is 2.26. The molecule has 31 heavy (non-hydrogen) atoms. The van der Waals surface area contributed by atoms with Crippen LogP contribution in [0.5, 0.6) is 5.75 Å². The molecule has 2 aromatic rings. The molecule has 2 rings (SSSR count). The first-order valence-corrected chi connectivity index (χ1v) is 11.1. The molecule has 0 aliphatic rings. The van der Waals surface area contributed by atoms with Crippen LogP contribution in [0, 0.1) is 20.8 Å². The number of hydrogen-bond donors (Lipinski definition) is 1. The standard InChI is InChI=1S/C26H36N2O3/c1-7-21(6)27-26(30)23(8-2)28(16-22-12-10-9-11-19(22)4)25(29)17-31-24-15-18(3)13-14-20(24)5/h9-15,21,23H,7-8,16-17H2,1-6H3,(H,27,30)/t21-,23+/m1/s1. The zero-order chi connectivity index (χ0) is 23.0. The smallest absolute Gasteiger partial charge is 0.261 e. The lowest BCUT2D eigenvalue weighted by molar-refractivity contribution is -0.143. The van der Waals surface area contributed by atoms with E-state index in [0.29, 0.717) is 18.7 Å². The molecule has 2 aromatic carbocycles. The van der Waals surface area contributed by atoms with Crippen molar-refractivity contribution in [2.75, 3.05) is 6.61 Å². The predicted molar refractivity (Wildman–Crippen MR) is 125 cm³/mol. The van der Waals surface area contributed by atoms with E-state index in [1.54, 1.807) is 4.90 Å². The molecule has 0 aliphatic carbocycles. The highest BCUT2D eigenvalue weighted by Gasteiger charge is 2.29. The fourth-order valence-electron chi connectivity index (χ4n) is 3.42. The zero-order valence-electron chi connectivity index (χ0n) is 19.7. The Labute approximate surface area is 186 Å². The van der Waals surface area contributed by atoms with Gasteiger partial charge in [-0.3, -0.25) is 9.59 Å².